The van der Waals surface area contributed by atoms with Gasteiger partial charge in [0, 0.05) is 0 Å². The molecule has 0 aromatic carbocycles. The first-order valence-corrected chi connectivity index (χ1v) is 3.73. The Labute approximate surface area is 59.5 Å². The van der Waals surface area contributed by atoms with E-state index in [2.05, 4.69) is 13.8 Å². The molecule has 0 radical (unpaired) electrons. The van der Waals surface area contributed by atoms with Crippen molar-refractivity contribution in [1.29, 1.82) is 0 Å². The first-order chi connectivity index (χ1) is 4.33. The molecule has 1 heteroatoms. The second kappa shape index (κ2) is 47.9. The van der Waals surface area contributed by atoms with Gasteiger partial charge in [0.05, 0.1) is 0 Å². The van der Waals surface area contributed by atoms with Gasteiger partial charge in [0.1, 0.15) is 6.29 Å². The van der Waals surface area contributed by atoms with Crippen molar-refractivity contribution in [2.75, 3.05) is 0 Å². The predicted octanol–water partition coefficient (Wildman–Crippen LogP) is 3.04. The summed E-state index contributed by atoms with van der Waals surface area (Å²) in [5, 5.41) is 0. The second-order valence-corrected chi connectivity index (χ2v) is 1.24. The molecule has 0 aliphatic heterocycles. The lowest BCUT2D eigenvalue weighted by Crippen LogP contribution is -1.47. The van der Waals surface area contributed by atoms with Crippen molar-refractivity contribution < 1.29 is 4.79 Å². The van der Waals surface area contributed by atoms with E-state index >= 15 is 0 Å². The summed E-state index contributed by atoms with van der Waals surface area (Å²) in [6.07, 6.45) is 3.39. The molecule has 0 rings (SSSR count). The van der Waals surface area contributed by atoms with Crippen LogP contribution in [0.1, 0.15) is 47.5 Å². The highest BCUT2D eigenvalue weighted by molar-refractivity contribution is 5.44. The van der Waals surface area contributed by atoms with E-state index in [1.165, 1.54) is 19.8 Å². The first kappa shape index (κ1) is 15.9. The van der Waals surface area contributed by atoms with E-state index in [0.29, 0.717) is 0 Å². The van der Waals surface area contributed by atoms with Crippen molar-refractivity contribution in [3.63, 3.8) is 0 Å². The summed E-state index contributed by atoms with van der Waals surface area (Å²) in [5.41, 5.74) is 0. The fraction of sp³-hybridized carbons (Fsp3) is 0.875. The highest BCUT2D eigenvalue weighted by Crippen LogP contribution is 1.76. The lowest BCUT2D eigenvalue weighted by molar-refractivity contribution is -0.106. The molecule has 0 fully saturated rings. The van der Waals surface area contributed by atoms with Gasteiger partial charge in [0.15, 0.2) is 0 Å². The topological polar surface area (TPSA) is 17.1 Å². The summed E-state index contributed by atoms with van der Waals surface area (Å²) in [4.78, 5) is 8.81. The standard InChI is InChI=1S/C4H10.C2H4O.C2H6/c1-3-4-2;1-2-3;1-2/h3-4H2,1-2H3;2H,1H3;1-2H3. The summed E-state index contributed by atoms with van der Waals surface area (Å²) in [7, 11) is 0. The maximum Gasteiger partial charge on any atom is 0.116 e. The van der Waals surface area contributed by atoms with E-state index in [9.17, 15) is 0 Å². The van der Waals surface area contributed by atoms with E-state index < -0.39 is 0 Å². The monoisotopic (exact) mass is 132 g/mol. The zero-order valence-electron chi connectivity index (χ0n) is 7.40. The molecular weight excluding hydrogens is 112 g/mol. The van der Waals surface area contributed by atoms with Gasteiger partial charge >= 0.3 is 0 Å². The fourth-order valence-electron chi connectivity index (χ4n) is 0. The quantitative estimate of drug-likeness (QED) is 0.501. The number of rotatable bonds is 1. The van der Waals surface area contributed by atoms with Gasteiger partial charge in [-0.25, -0.2) is 0 Å². The molecule has 0 unspecified atom stereocenters. The lowest BCUT2D eigenvalue weighted by atomic mass is 10.4. The Bertz CT molecular complexity index is 23.7. The third kappa shape index (κ3) is 549. The number of unbranched alkanes of at least 4 members (excludes halogenated alkanes) is 1. The molecule has 0 aliphatic carbocycles. The van der Waals surface area contributed by atoms with Crippen LogP contribution in [0.3, 0.4) is 0 Å². The van der Waals surface area contributed by atoms with Crippen molar-refractivity contribution in [3.8, 4) is 0 Å². The zero-order valence-corrected chi connectivity index (χ0v) is 7.40. The number of hydrogen-bond donors (Lipinski definition) is 0. The SMILES string of the molecule is CC.CC=O.CCCC. The Balaban J connectivity index is -0.0000000646. The largest absolute Gasteiger partial charge is 0.304 e. The molecule has 0 saturated heterocycles. The van der Waals surface area contributed by atoms with Gasteiger partial charge in [0.2, 0.25) is 0 Å². The molecular formula is C8H20O. The fourth-order valence-corrected chi connectivity index (χ4v) is 0. The molecule has 0 heterocycles. The van der Waals surface area contributed by atoms with Crippen LogP contribution in [0.25, 0.3) is 0 Å². The molecule has 9 heavy (non-hydrogen) atoms. The summed E-state index contributed by atoms with van der Waals surface area (Å²) in [5.74, 6) is 0. The van der Waals surface area contributed by atoms with Crippen molar-refractivity contribution in [1.82, 2.24) is 0 Å². The number of hydrogen-bond acceptors (Lipinski definition) is 1. The average Bonchev–Trinajstić information content (AvgIpc) is 1.94. The van der Waals surface area contributed by atoms with E-state index in [-0.39, 0.29) is 0 Å². The van der Waals surface area contributed by atoms with E-state index in [1.54, 1.807) is 0 Å². The van der Waals surface area contributed by atoms with Crippen LogP contribution >= 0.6 is 0 Å². The minimum Gasteiger partial charge on any atom is -0.304 e. The first-order valence-electron chi connectivity index (χ1n) is 3.73. The Hall–Kier alpha value is -0.330. The maximum atomic E-state index is 8.81. The van der Waals surface area contributed by atoms with Crippen molar-refractivity contribution in [2.24, 2.45) is 0 Å². The third-order valence-electron chi connectivity index (χ3n) is 0.500. The molecule has 0 spiro atoms. The highest BCUT2D eigenvalue weighted by Gasteiger charge is 1.56. The van der Waals surface area contributed by atoms with Crippen LogP contribution in [0.2, 0.25) is 0 Å². The molecule has 0 bridgehead atoms. The third-order valence-corrected chi connectivity index (χ3v) is 0.500. The van der Waals surface area contributed by atoms with E-state index in [0.717, 1.165) is 6.29 Å². The number of carbonyl (C=O) groups excluding carboxylic acids is 1. The van der Waals surface area contributed by atoms with E-state index in [1.807, 2.05) is 13.8 Å². The lowest BCUT2D eigenvalue weighted by Gasteiger charge is -1.68. The van der Waals surface area contributed by atoms with Crippen LogP contribution in [0.4, 0.5) is 0 Å². The Morgan fingerprint density at radius 2 is 1.22 bits per heavy atom. The normalized spacial score (nSPS) is 5.44. The summed E-state index contributed by atoms with van der Waals surface area (Å²) in [6.45, 7) is 9.81. The highest BCUT2D eigenvalue weighted by atomic mass is 16.1. The van der Waals surface area contributed by atoms with Gasteiger partial charge in [-0.2, -0.15) is 0 Å². The zero-order chi connectivity index (χ0) is 8.12. The molecule has 0 N–H and O–H groups in total. The Morgan fingerprint density at radius 1 is 1.11 bits per heavy atom. The smallest absolute Gasteiger partial charge is 0.116 e. The van der Waals surface area contributed by atoms with Crippen LogP contribution in [0.15, 0.2) is 0 Å². The van der Waals surface area contributed by atoms with Gasteiger partial charge in [0.25, 0.3) is 0 Å². The predicted molar refractivity (Wildman–Crippen MR) is 43.7 cm³/mol. The van der Waals surface area contributed by atoms with Crippen molar-refractivity contribution in [3.05, 3.63) is 0 Å². The molecule has 0 aromatic heterocycles. The van der Waals surface area contributed by atoms with Gasteiger partial charge in [-0.15, -0.1) is 0 Å². The van der Waals surface area contributed by atoms with Gasteiger partial charge in [-0.05, 0) is 6.92 Å². The van der Waals surface area contributed by atoms with Crippen LogP contribution < -0.4 is 0 Å². The molecule has 58 valence electrons. The average molecular weight is 132 g/mol. The van der Waals surface area contributed by atoms with Gasteiger partial charge in [-0.1, -0.05) is 40.5 Å². The number of carbonyl (C=O) groups is 1. The van der Waals surface area contributed by atoms with Crippen LogP contribution in [0, 0.1) is 0 Å². The summed E-state index contributed by atoms with van der Waals surface area (Å²) >= 11 is 0. The molecule has 0 amide bonds. The minimum atomic E-state index is 0.750. The van der Waals surface area contributed by atoms with Gasteiger partial charge < -0.3 is 4.79 Å². The second-order valence-electron chi connectivity index (χ2n) is 1.24. The molecule has 0 saturated carbocycles. The summed E-state index contributed by atoms with van der Waals surface area (Å²) < 4.78 is 0. The van der Waals surface area contributed by atoms with Crippen LogP contribution in [-0.2, 0) is 4.79 Å². The Kier molecular flexibility index (Phi) is 84.4. The number of aldehydes is 1. The van der Waals surface area contributed by atoms with Crippen LogP contribution in [-0.4, -0.2) is 6.29 Å². The van der Waals surface area contributed by atoms with Crippen molar-refractivity contribution >= 4 is 6.29 Å². The minimum absolute atomic E-state index is 0.750. The summed E-state index contributed by atoms with van der Waals surface area (Å²) in [6, 6.07) is 0. The molecule has 0 aliphatic rings. The van der Waals surface area contributed by atoms with Gasteiger partial charge in [-0.3, -0.25) is 0 Å². The van der Waals surface area contributed by atoms with Crippen molar-refractivity contribution in [2.45, 2.75) is 47.5 Å². The maximum absolute atomic E-state index is 8.81. The molecule has 0 atom stereocenters. The molecule has 1 nitrogen and oxygen atoms in total. The Morgan fingerprint density at radius 3 is 1.22 bits per heavy atom. The van der Waals surface area contributed by atoms with Crippen LogP contribution in [0.5, 0.6) is 0 Å². The molecule has 0 aromatic rings. The van der Waals surface area contributed by atoms with E-state index in [4.69, 9.17) is 4.79 Å².